The van der Waals surface area contributed by atoms with E-state index in [0.717, 1.165) is 11.1 Å². The van der Waals surface area contributed by atoms with E-state index in [2.05, 4.69) is 15.4 Å². The minimum atomic E-state index is -0.549. The lowest BCUT2D eigenvalue weighted by molar-refractivity contribution is -0.130. The van der Waals surface area contributed by atoms with Crippen molar-refractivity contribution < 1.29 is 14.3 Å². The highest BCUT2D eigenvalue weighted by molar-refractivity contribution is 6.30. The standard InChI is InChI=1S/C22H29ClN6O3/c1-15-13-27(21(31)32-22(3,4)5)10-11-28(15)20(30)9-7-17-6-8-19(23)12-18(17)14-29-25-16(2)24-26-29/h6-9,12,15H,10-11,13-14H2,1-5H3/b9-7+. The maximum atomic E-state index is 12.9. The van der Waals surface area contributed by atoms with Crippen molar-refractivity contribution >= 4 is 29.7 Å². The molecule has 0 bridgehead atoms. The molecule has 2 heterocycles. The van der Waals surface area contributed by atoms with E-state index >= 15 is 0 Å². The minimum absolute atomic E-state index is 0.114. The van der Waals surface area contributed by atoms with Gasteiger partial charge in [0.25, 0.3) is 0 Å². The van der Waals surface area contributed by atoms with Gasteiger partial charge < -0.3 is 14.5 Å². The normalized spacial score (nSPS) is 17.1. The summed E-state index contributed by atoms with van der Waals surface area (Å²) in [7, 11) is 0. The third kappa shape index (κ3) is 6.29. The van der Waals surface area contributed by atoms with Crippen LogP contribution in [-0.2, 0) is 16.1 Å². The number of hydrogen-bond donors (Lipinski definition) is 0. The molecule has 1 aromatic carbocycles. The Labute approximate surface area is 193 Å². The number of rotatable bonds is 4. The molecule has 0 N–H and O–H groups in total. The third-order valence-electron chi connectivity index (χ3n) is 4.94. The molecule has 0 radical (unpaired) electrons. The molecule has 1 atom stereocenters. The van der Waals surface area contributed by atoms with Crippen LogP contribution in [0.5, 0.6) is 0 Å². The molecule has 9 nitrogen and oxygen atoms in total. The first-order chi connectivity index (χ1) is 15.0. The summed E-state index contributed by atoms with van der Waals surface area (Å²) in [5, 5.41) is 12.7. The van der Waals surface area contributed by atoms with Gasteiger partial charge in [-0.3, -0.25) is 4.79 Å². The largest absolute Gasteiger partial charge is 0.444 e. The summed E-state index contributed by atoms with van der Waals surface area (Å²) in [4.78, 5) is 30.1. The quantitative estimate of drug-likeness (QED) is 0.650. The number of aromatic nitrogens is 4. The Hall–Kier alpha value is -2.94. The van der Waals surface area contributed by atoms with Crippen LogP contribution in [0.25, 0.3) is 6.08 Å². The number of hydrogen-bond acceptors (Lipinski definition) is 6. The summed E-state index contributed by atoms with van der Waals surface area (Å²) in [6, 6.07) is 5.33. The SMILES string of the molecule is Cc1nnn(Cc2cc(Cl)ccc2/C=C/C(=O)N2CCN(C(=O)OC(C)(C)C)CC2C)n1. The van der Waals surface area contributed by atoms with Crippen LogP contribution in [0.2, 0.25) is 5.02 Å². The summed E-state index contributed by atoms with van der Waals surface area (Å²) >= 11 is 6.16. The van der Waals surface area contributed by atoms with E-state index in [-0.39, 0.29) is 18.0 Å². The van der Waals surface area contributed by atoms with Gasteiger partial charge in [0.05, 0.1) is 6.54 Å². The average Bonchev–Trinajstić information content (AvgIpc) is 3.10. The highest BCUT2D eigenvalue weighted by Gasteiger charge is 2.31. The Kier molecular flexibility index (Phi) is 7.18. The third-order valence-corrected chi connectivity index (χ3v) is 5.17. The van der Waals surface area contributed by atoms with E-state index in [0.29, 0.717) is 37.0 Å². The molecule has 1 fully saturated rings. The van der Waals surface area contributed by atoms with Crippen molar-refractivity contribution in [2.75, 3.05) is 19.6 Å². The lowest BCUT2D eigenvalue weighted by Gasteiger charge is -2.39. The van der Waals surface area contributed by atoms with Gasteiger partial charge in [-0.05, 0) is 69.2 Å². The van der Waals surface area contributed by atoms with Crippen molar-refractivity contribution in [2.45, 2.75) is 52.8 Å². The number of benzene rings is 1. The van der Waals surface area contributed by atoms with Gasteiger partial charge in [0.1, 0.15) is 5.60 Å². The molecule has 2 aromatic rings. The predicted molar refractivity (Wildman–Crippen MR) is 121 cm³/mol. The number of piperazine rings is 1. The fourth-order valence-electron chi connectivity index (χ4n) is 3.45. The second-order valence-electron chi connectivity index (χ2n) is 8.85. The van der Waals surface area contributed by atoms with Crippen molar-refractivity contribution in [2.24, 2.45) is 0 Å². The molecule has 1 saturated heterocycles. The molecule has 3 rings (SSSR count). The van der Waals surface area contributed by atoms with Crippen LogP contribution in [0, 0.1) is 6.92 Å². The highest BCUT2D eigenvalue weighted by Crippen LogP contribution is 2.20. The number of tetrazole rings is 1. The van der Waals surface area contributed by atoms with Crippen LogP contribution < -0.4 is 0 Å². The van der Waals surface area contributed by atoms with Gasteiger partial charge in [-0.15, -0.1) is 10.2 Å². The Balaban J connectivity index is 1.66. The number of ether oxygens (including phenoxy) is 1. The van der Waals surface area contributed by atoms with Crippen LogP contribution in [0.15, 0.2) is 24.3 Å². The maximum absolute atomic E-state index is 12.9. The number of carbonyl (C=O) groups excluding carboxylic acids is 2. The number of nitrogens with zero attached hydrogens (tertiary/aromatic N) is 6. The molecular weight excluding hydrogens is 432 g/mol. The smallest absolute Gasteiger partial charge is 0.410 e. The monoisotopic (exact) mass is 460 g/mol. The van der Waals surface area contributed by atoms with E-state index in [1.54, 1.807) is 34.9 Å². The van der Waals surface area contributed by atoms with Crippen LogP contribution in [0.3, 0.4) is 0 Å². The molecule has 172 valence electrons. The first-order valence-corrected chi connectivity index (χ1v) is 10.9. The lowest BCUT2D eigenvalue weighted by atomic mass is 10.1. The summed E-state index contributed by atoms with van der Waals surface area (Å²) in [5.41, 5.74) is 1.17. The second kappa shape index (κ2) is 9.68. The molecule has 1 aliphatic heterocycles. The van der Waals surface area contributed by atoms with Gasteiger partial charge in [-0.2, -0.15) is 4.80 Å². The first kappa shape index (κ1) is 23.7. The van der Waals surface area contributed by atoms with Gasteiger partial charge in [0.2, 0.25) is 5.91 Å². The number of aryl methyl sites for hydroxylation is 1. The second-order valence-corrected chi connectivity index (χ2v) is 9.29. The predicted octanol–water partition coefficient (Wildman–Crippen LogP) is 3.16. The van der Waals surface area contributed by atoms with Crippen molar-refractivity contribution in [3.8, 4) is 0 Å². The zero-order valence-electron chi connectivity index (χ0n) is 19.1. The highest BCUT2D eigenvalue weighted by atomic mass is 35.5. The topological polar surface area (TPSA) is 93.5 Å². The number of halogens is 1. The summed E-state index contributed by atoms with van der Waals surface area (Å²) in [5.74, 6) is 0.468. The van der Waals surface area contributed by atoms with E-state index in [4.69, 9.17) is 16.3 Å². The molecule has 10 heteroatoms. The molecule has 32 heavy (non-hydrogen) atoms. The Bertz CT molecular complexity index is 1010. The van der Waals surface area contributed by atoms with Crippen LogP contribution in [0.4, 0.5) is 4.79 Å². The molecular formula is C22H29ClN6O3. The molecule has 1 aliphatic rings. The van der Waals surface area contributed by atoms with Gasteiger partial charge in [0.15, 0.2) is 5.82 Å². The summed E-state index contributed by atoms with van der Waals surface area (Å²) < 4.78 is 5.44. The maximum Gasteiger partial charge on any atom is 0.410 e. The van der Waals surface area contributed by atoms with Gasteiger partial charge in [0, 0.05) is 36.8 Å². The Morgan fingerprint density at radius 3 is 2.66 bits per heavy atom. The summed E-state index contributed by atoms with van der Waals surface area (Å²) in [6.07, 6.45) is 2.96. The fourth-order valence-corrected chi connectivity index (χ4v) is 3.65. The molecule has 1 aromatic heterocycles. The molecule has 0 aliphatic carbocycles. The zero-order valence-corrected chi connectivity index (χ0v) is 19.8. The van der Waals surface area contributed by atoms with Crippen molar-refractivity contribution in [1.82, 2.24) is 30.0 Å². The number of carbonyl (C=O) groups is 2. The Morgan fingerprint density at radius 2 is 2.03 bits per heavy atom. The van der Waals surface area contributed by atoms with Crippen LogP contribution in [-0.4, -0.2) is 73.3 Å². The van der Waals surface area contributed by atoms with Gasteiger partial charge in [-0.25, -0.2) is 4.79 Å². The molecule has 0 spiro atoms. The van der Waals surface area contributed by atoms with Crippen molar-refractivity contribution in [3.05, 3.63) is 46.2 Å². The average molecular weight is 461 g/mol. The van der Waals surface area contributed by atoms with Crippen molar-refractivity contribution in [1.29, 1.82) is 0 Å². The molecule has 0 saturated carbocycles. The van der Waals surface area contributed by atoms with Crippen molar-refractivity contribution in [3.63, 3.8) is 0 Å². The van der Waals surface area contributed by atoms with E-state index in [1.165, 1.54) is 4.80 Å². The first-order valence-electron chi connectivity index (χ1n) is 10.5. The minimum Gasteiger partial charge on any atom is -0.444 e. The fraction of sp³-hybridized carbons (Fsp3) is 0.500. The number of amides is 2. The van der Waals surface area contributed by atoms with Gasteiger partial charge >= 0.3 is 6.09 Å². The van der Waals surface area contributed by atoms with Crippen LogP contribution in [0.1, 0.15) is 44.6 Å². The van der Waals surface area contributed by atoms with E-state index < -0.39 is 5.60 Å². The molecule has 1 unspecified atom stereocenters. The molecule has 2 amide bonds. The Morgan fingerprint density at radius 1 is 1.28 bits per heavy atom. The zero-order chi connectivity index (χ0) is 23.5. The van der Waals surface area contributed by atoms with E-state index in [1.807, 2.05) is 39.8 Å². The van der Waals surface area contributed by atoms with E-state index in [9.17, 15) is 9.59 Å². The van der Waals surface area contributed by atoms with Crippen LogP contribution >= 0.6 is 11.6 Å². The summed E-state index contributed by atoms with van der Waals surface area (Å²) in [6.45, 7) is 10.9. The van der Waals surface area contributed by atoms with Gasteiger partial charge in [-0.1, -0.05) is 17.7 Å². The lowest BCUT2D eigenvalue weighted by Crippen LogP contribution is -2.55.